The first kappa shape index (κ1) is 14.8. The standard InChI is InChI=1S/C13H8F3N5O2/c14-13(15,16)9-5-10(12(22)23-21-4-2-18-8-21)19-11(6-9)20-3-1-17-7-20/h1-8H/p+1. The van der Waals surface area contributed by atoms with E-state index < -0.39 is 23.4 Å². The Morgan fingerprint density at radius 1 is 1.35 bits per heavy atom. The van der Waals surface area contributed by atoms with Crippen molar-refractivity contribution < 1.29 is 27.4 Å². The Morgan fingerprint density at radius 3 is 2.78 bits per heavy atom. The van der Waals surface area contributed by atoms with Gasteiger partial charge in [0.25, 0.3) is 5.82 Å². The number of carbonyl (C=O) groups is 1. The van der Waals surface area contributed by atoms with Crippen molar-refractivity contribution in [1.82, 2.24) is 19.7 Å². The Bertz CT molecular complexity index is 813. The molecule has 0 radical (unpaired) electrons. The van der Waals surface area contributed by atoms with Crippen molar-refractivity contribution in [1.29, 1.82) is 0 Å². The molecule has 118 valence electrons. The lowest BCUT2D eigenvalue weighted by Crippen LogP contribution is -2.31. The number of H-pyrrole nitrogens is 1. The Labute approximate surface area is 126 Å². The van der Waals surface area contributed by atoms with Gasteiger partial charge < -0.3 is 4.84 Å². The molecule has 0 aromatic carbocycles. The predicted octanol–water partition coefficient (Wildman–Crippen LogP) is 1.17. The van der Waals surface area contributed by atoms with Crippen molar-refractivity contribution in [2.45, 2.75) is 6.18 Å². The number of rotatable bonds is 3. The molecular weight excluding hydrogens is 315 g/mol. The molecule has 1 N–H and O–H groups in total. The topological polar surface area (TPSA) is 76.7 Å². The van der Waals surface area contributed by atoms with Crippen LogP contribution in [0, 0.1) is 0 Å². The SMILES string of the molecule is O=C(On1ccnc1)c1cc(C(F)(F)F)cc(-[n+]2cc[nH]c2)n1. The molecule has 0 amide bonds. The highest BCUT2D eigenvalue weighted by Gasteiger charge is 2.34. The normalized spacial score (nSPS) is 11.4. The summed E-state index contributed by atoms with van der Waals surface area (Å²) in [4.78, 5) is 27.1. The average Bonchev–Trinajstić information content (AvgIpc) is 3.19. The minimum atomic E-state index is -4.63. The van der Waals surface area contributed by atoms with E-state index in [0.717, 1.165) is 10.8 Å². The zero-order valence-corrected chi connectivity index (χ0v) is 11.4. The van der Waals surface area contributed by atoms with Gasteiger partial charge >= 0.3 is 12.1 Å². The number of alkyl halides is 3. The largest absolute Gasteiger partial charge is 0.416 e. The molecule has 0 aliphatic rings. The fourth-order valence-electron chi connectivity index (χ4n) is 1.79. The summed E-state index contributed by atoms with van der Waals surface area (Å²) in [7, 11) is 0. The number of carbonyl (C=O) groups excluding carboxylic acids is 1. The molecule has 0 aliphatic carbocycles. The van der Waals surface area contributed by atoms with Crippen molar-refractivity contribution >= 4 is 5.97 Å². The van der Waals surface area contributed by atoms with Gasteiger partial charge in [0.1, 0.15) is 12.5 Å². The maximum absolute atomic E-state index is 13.0. The van der Waals surface area contributed by atoms with Crippen LogP contribution in [0.25, 0.3) is 5.82 Å². The summed E-state index contributed by atoms with van der Waals surface area (Å²) in [5.74, 6) is -1.11. The first-order valence-electron chi connectivity index (χ1n) is 6.28. The van der Waals surface area contributed by atoms with Crippen molar-refractivity contribution in [3.8, 4) is 5.82 Å². The van der Waals surface area contributed by atoms with Gasteiger partial charge in [-0.15, -0.1) is 0 Å². The second-order valence-electron chi connectivity index (χ2n) is 4.42. The molecule has 3 heterocycles. The van der Waals surface area contributed by atoms with Gasteiger partial charge in [0.05, 0.1) is 18.0 Å². The molecule has 23 heavy (non-hydrogen) atoms. The summed E-state index contributed by atoms with van der Waals surface area (Å²) in [6.45, 7) is 0. The lowest BCUT2D eigenvalue weighted by molar-refractivity contribution is -0.598. The minimum Gasteiger partial charge on any atom is -0.327 e. The molecule has 0 spiro atoms. The van der Waals surface area contributed by atoms with Crippen LogP contribution in [-0.2, 0) is 6.18 Å². The molecule has 0 aliphatic heterocycles. The minimum absolute atomic E-state index is 0.0707. The second-order valence-corrected chi connectivity index (χ2v) is 4.42. The van der Waals surface area contributed by atoms with Crippen molar-refractivity contribution in [2.75, 3.05) is 0 Å². The van der Waals surface area contributed by atoms with Crippen LogP contribution in [0.1, 0.15) is 16.1 Å². The van der Waals surface area contributed by atoms with Crippen molar-refractivity contribution in [2.24, 2.45) is 0 Å². The van der Waals surface area contributed by atoms with E-state index in [-0.39, 0.29) is 5.82 Å². The van der Waals surface area contributed by atoms with E-state index in [0.29, 0.717) is 6.07 Å². The van der Waals surface area contributed by atoms with E-state index in [1.807, 2.05) is 0 Å². The van der Waals surface area contributed by atoms with Crippen LogP contribution >= 0.6 is 0 Å². The van der Waals surface area contributed by atoms with E-state index in [4.69, 9.17) is 4.84 Å². The number of aromatic nitrogens is 5. The average molecular weight is 324 g/mol. The fraction of sp³-hybridized carbons (Fsp3) is 0.0769. The van der Waals surface area contributed by atoms with E-state index in [2.05, 4.69) is 15.0 Å². The van der Waals surface area contributed by atoms with Crippen LogP contribution in [0.15, 0.2) is 49.6 Å². The van der Waals surface area contributed by atoms with Gasteiger partial charge in [0.15, 0.2) is 6.33 Å². The van der Waals surface area contributed by atoms with Crippen LogP contribution in [0.3, 0.4) is 0 Å². The van der Waals surface area contributed by atoms with Gasteiger partial charge in [-0.25, -0.2) is 14.3 Å². The molecule has 3 aromatic heterocycles. The second kappa shape index (κ2) is 5.55. The summed E-state index contributed by atoms with van der Waals surface area (Å²) in [5.41, 5.74) is -1.48. The molecular formula is C13H9F3N5O2+. The van der Waals surface area contributed by atoms with Gasteiger partial charge in [-0.05, 0) is 0 Å². The van der Waals surface area contributed by atoms with Crippen LogP contribution in [0.5, 0.6) is 0 Å². The number of pyridine rings is 1. The molecule has 0 unspecified atom stereocenters. The summed E-state index contributed by atoms with van der Waals surface area (Å²) >= 11 is 0. The third-order valence-corrected chi connectivity index (χ3v) is 2.83. The monoisotopic (exact) mass is 324 g/mol. The lowest BCUT2D eigenvalue weighted by atomic mass is 10.2. The third-order valence-electron chi connectivity index (χ3n) is 2.83. The molecule has 3 rings (SSSR count). The number of halogens is 3. The first-order valence-corrected chi connectivity index (χ1v) is 6.28. The number of aromatic amines is 1. The highest BCUT2D eigenvalue weighted by atomic mass is 19.4. The highest BCUT2D eigenvalue weighted by Crippen LogP contribution is 2.30. The summed E-state index contributed by atoms with van der Waals surface area (Å²) in [6, 6.07) is 1.47. The molecule has 0 atom stereocenters. The van der Waals surface area contributed by atoms with E-state index in [9.17, 15) is 18.0 Å². The van der Waals surface area contributed by atoms with Crippen LogP contribution < -0.4 is 9.40 Å². The van der Waals surface area contributed by atoms with Crippen LogP contribution in [0.2, 0.25) is 0 Å². The summed E-state index contributed by atoms with van der Waals surface area (Å²) < 4.78 is 41.3. The van der Waals surface area contributed by atoms with E-state index >= 15 is 0 Å². The first-order chi connectivity index (χ1) is 10.9. The summed E-state index contributed by atoms with van der Waals surface area (Å²) in [6.07, 6.45) is 3.61. The van der Waals surface area contributed by atoms with Gasteiger partial charge in [0.2, 0.25) is 5.69 Å². The molecule has 0 saturated heterocycles. The predicted molar refractivity (Wildman–Crippen MR) is 68.3 cm³/mol. The maximum atomic E-state index is 13.0. The smallest absolute Gasteiger partial charge is 0.327 e. The number of nitrogens with zero attached hydrogens (tertiary/aromatic N) is 4. The Morgan fingerprint density at radius 2 is 2.17 bits per heavy atom. The Balaban J connectivity index is 2.02. The fourth-order valence-corrected chi connectivity index (χ4v) is 1.79. The van der Waals surface area contributed by atoms with Crippen LogP contribution in [0.4, 0.5) is 13.2 Å². The number of imidazole rings is 2. The molecule has 10 heteroatoms. The van der Waals surface area contributed by atoms with Crippen molar-refractivity contribution in [3.63, 3.8) is 0 Å². The summed E-state index contributed by atoms with van der Waals surface area (Å²) in [5, 5.41) is 0. The van der Waals surface area contributed by atoms with Gasteiger partial charge in [0, 0.05) is 18.3 Å². The number of nitrogens with one attached hydrogen (secondary N) is 1. The Kier molecular flexibility index (Phi) is 3.56. The van der Waals surface area contributed by atoms with Gasteiger partial charge in [-0.1, -0.05) is 4.98 Å². The van der Waals surface area contributed by atoms with E-state index in [1.165, 1.54) is 42.0 Å². The zero-order chi connectivity index (χ0) is 16.4. The third kappa shape index (κ3) is 3.20. The number of hydrogen-bond donors (Lipinski definition) is 1. The molecule has 0 fully saturated rings. The van der Waals surface area contributed by atoms with E-state index in [1.54, 1.807) is 0 Å². The zero-order valence-electron chi connectivity index (χ0n) is 11.4. The molecule has 3 aromatic rings. The maximum Gasteiger partial charge on any atom is 0.416 e. The van der Waals surface area contributed by atoms with Crippen molar-refractivity contribution in [3.05, 3.63) is 60.8 Å². The van der Waals surface area contributed by atoms with Crippen LogP contribution in [-0.4, -0.2) is 25.7 Å². The number of hydrogen-bond acceptors (Lipinski definition) is 4. The Hall–Kier alpha value is -3.17. The quantitative estimate of drug-likeness (QED) is 0.734. The molecule has 0 saturated carbocycles. The highest BCUT2D eigenvalue weighted by molar-refractivity contribution is 5.87. The van der Waals surface area contributed by atoms with Gasteiger partial charge in [-0.3, -0.25) is 4.98 Å². The molecule has 0 bridgehead atoms. The molecule has 7 nitrogen and oxygen atoms in total. The lowest BCUT2D eigenvalue weighted by Gasteiger charge is -2.08. The van der Waals surface area contributed by atoms with Gasteiger partial charge in [-0.2, -0.15) is 17.9 Å².